The summed E-state index contributed by atoms with van der Waals surface area (Å²) in [5, 5.41) is 5.49. The molecular weight excluding hydrogens is 575 g/mol. The fourth-order valence-corrected chi connectivity index (χ4v) is 6.74. The zero-order valence-corrected chi connectivity index (χ0v) is 23.4. The molecule has 2 aromatic rings. The van der Waals surface area contributed by atoms with E-state index in [2.05, 4.69) is 10.6 Å². The van der Waals surface area contributed by atoms with Crippen molar-refractivity contribution in [3.05, 3.63) is 74.9 Å². The number of nitrogens with one attached hydrogen (secondary N) is 3. The van der Waals surface area contributed by atoms with E-state index in [1.165, 1.54) is 48.5 Å². The van der Waals surface area contributed by atoms with Crippen molar-refractivity contribution in [1.82, 2.24) is 10.0 Å². The van der Waals surface area contributed by atoms with E-state index in [0.717, 1.165) is 17.0 Å². The average molecular weight is 598 g/mol. The Kier molecular flexibility index (Phi) is 7.62. The summed E-state index contributed by atoms with van der Waals surface area (Å²) in [4.78, 5) is 40.0. The summed E-state index contributed by atoms with van der Waals surface area (Å²) in [6.07, 6.45) is 5.32. The molecule has 14 heteroatoms. The summed E-state index contributed by atoms with van der Waals surface area (Å²) in [7, 11) is -1.12. The molecule has 0 saturated carbocycles. The Balaban J connectivity index is 1.61. The van der Waals surface area contributed by atoms with E-state index in [1.54, 1.807) is 20.0 Å². The Morgan fingerprint density at radius 2 is 1.92 bits per heavy atom. The van der Waals surface area contributed by atoms with Gasteiger partial charge in [-0.15, -0.1) is 11.3 Å². The number of ether oxygens (including phenoxy) is 1. The third-order valence-electron chi connectivity index (χ3n) is 6.06. The number of methoxy groups -OCH3 is 1. The minimum Gasteiger partial charge on any atom is -0.465 e. The minimum atomic E-state index is -4.12. The zero-order chi connectivity index (χ0) is 27.8. The summed E-state index contributed by atoms with van der Waals surface area (Å²) in [5.41, 5.74) is 0.864. The molecule has 200 valence electrons. The molecule has 0 saturated heterocycles. The van der Waals surface area contributed by atoms with Gasteiger partial charge in [-0.25, -0.2) is 22.7 Å². The van der Waals surface area contributed by atoms with Crippen LogP contribution < -0.4 is 20.3 Å². The first-order valence-electron chi connectivity index (χ1n) is 11.0. The SMILES string of the molecule is CNC1=CCC2(C)C(=O)N(c3ccc(NC(=O)NS(=O)(=O)c4ccc(Cl)s4)cc3Cl)C=C(C(=O)OC)C2=C1. The van der Waals surface area contributed by atoms with Crippen molar-refractivity contribution in [2.75, 3.05) is 24.4 Å². The first-order chi connectivity index (χ1) is 17.9. The van der Waals surface area contributed by atoms with Crippen LogP contribution in [0.25, 0.3) is 0 Å². The maximum atomic E-state index is 13.7. The van der Waals surface area contributed by atoms with E-state index in [1.807, 2.05) is 10.8 Å². The van der Waals surface area contributed by atoms with Gasteiger partial charge in [0.05, 0.1) is 33.1 Å². The van der Waals surface area contributed by atoms with Gasteiger partial charge >= 0.3 is 12.0 Å². The molecule has 3 amide bonds. The van der Waals surface area contributed by atoms with Crippen LogP contribution in [-0.2, 0) is 24.3 Å². The molecule has 1 aliphatic heterocycles. The number of urea groups is 1. The number of anilines is 2. The topological polar surface area (TPSA) is 134 Å². The van der Waals surface area contributed by atoms with E-state index >= 15 is 0 Å². The monoisotopic (exact) mass is 596 g/mol. The van der Waals surface area contributed by atoms with Gasteiger partial charge in [-0.05, 0) is 55.3 Å². The predicted octanol–water partition coefficient (Wildman–Crippen LogP) is 4.41. The number of rotatable bonds is 6. The molecule has 0 fully saturated rings. The number of benzene rings is 1. The second kappa shape index (κ2) is 10.4. The van der Waals surface area contributed by atoms with Gasteiger partial charge in [-0.3, -0.25) is 9.69 Å². The van der Waals surface area contributed by atoms with Crippen molar-refractivity contribution in [2.45, 2.75) is 17.6 Å². The second-order valence-electron chi connectivity index (χ2n) is 8.50. The van der Waals surface area contributed by atoms with Crippen LogP contribution in [0.2, 0.25) is 9.36 Å². The molecule has 38 heavy (non-hydrogen) atoms. The van der Waals surface area contributed by atoms with Gasteiger partial charge < -0.3 is 15.4 Å². The Labute approximate surface area is 233 Å². The first-order valence-corrected chi connectivity index (χ1v) is 14.1. The molecule has 0 radical (unpaired) electrons. The summed E-state index contributed by atoms with van der Waals surface area (Å²) in [5.74, 6) is -0.930. The first kappa shape index (κ1) is 27.7. The summed E-state index contributed by atoms with van der Waals surface area (Å²) in [6, 6.07) is 5.95. The van der Waals surface area contributed by atoms with Crippen LogP contribution in [-0.4, -0.2) is 40.5 Å². The fourth-order valence-electron chi connectivity index (χ4n) is 4.08. The van der Waals surface area contributed by atoms with Crippen LogP contribution in [0.15, 0.2) is 69.7 Å². The Morgan fingerprint density at radius 1 is 1.18 bits per heavy atom. The molecule has 1 aromatic heterocycles. The number of allylic oxidation sites excluding steroid dienone is 2. The number of nitrogens with zero attached hydrogens (tertiary/aromatic N) is 1. The number of hydrogen-bond acceptors (Lipinski definition) is 8. The van der Waals surface area contributed by atoms with Gasteiger partial charge in [0, 0.05) is 24.6 Å². The predicted molar refractivity (Wildman–Crippen MR) is 146 cm³/mol. The molecule has 3 N–H and O–H groups in total. The van der Waals surface area contributed by atoms with E-state index in [9.17, 15) is 22.8 Å². The minimum absolute atomic E-state index is 0.0720. The Morgan fingerprint density at radius 3 is 2.53 bits per heavy atom. The summed E-state index contributed by atoms with van der Waals surface area (Å²) < 4.78 is 31.7. The molecule has 4 rings (SSSR count). The molecule has 2 aliphatic rings. The van der Waals surface area contributed by atoms with Crippen molar-refractivity contribution in [3.8, 4) is 0 Å². The van der Waals surface area contributed by atoms with Crippen LogP contribution in [0, 0.1) is 5.41 Å². The second-order valence-corrected chi connectivity index (χ2v) is 12.5. The van der Waals surface area contributed by atoms with E-state index in [0.29, 0.717) is 12.0 Å². The van der Waals surface area contributed by atoms with Crippen LogP contribution in [0.3, 0.4) is 0 Å². The molecule has 1 unspecified atom stereocenters. The van der Waals surface area contributed by atoms with Gasteiger partial charge in [-0.2, -0.15) is 0 Å². The molecule has 0 spiro atoms. The molecular formula is C24H22Cl2N4O6S2. The van der Waals surface area contributed by atoms with Crippen molar-refractivity contribution in [3.63, 3.8) is 0 Å². The number of fused-ring (bicyclic) bond motifs is 1. The standard InChI is InChI=1S/C24H22Cl2N4O6S2/c1-24-9-8-13(27-2)10-16(24)15(21(31)36-3)12-30(22(24)32)18-5-4-14(11-17(18)25)28-23(33)29-38(34,35)20-7-6-19(26)37-20/h4-8,10-12,27H,9H2,1-3H3,(H2,28,29,33). The molecule has 10 nitrogen and oxygen atoms in total. The number of halogens is 2. The Hall–Kier alpha value is -3.32. The van der Waals surface area contributed by atoms with E-state index in [4.69, 9.17) is 27.9 Å². The number of hydrogen-bond donors (Lipinski definition) is 3. The largest absolute Gasteiger partial charge is 0.465 e. The average Bonchev–Trinajstić information content (AvgIpc) is 3.32. The lowest BCUT2D eigenvalue weighted by Gasteiger charge is -2.41. The van der Waals surface area contributed by atoms with Crippen molar-refractivity contribution in [1.29, 1.82) is 0 Å². The smallest absolute Gasteiger partial charge is 0.339 e. The van der Waals surface area contributed by atoms with Crippen molar-refractivity contribution < 1.29 is 27.5 Å². The van der Waals surface area contributed by atoms with Crippen molar-refractivity contribution in [2.24, 2.45) is 5.41 Å². The van der Waals surface area contributed by atoms with E-state index < -0.39 is 27.4 Å². The van der Waals surface area contributed by atoms with Gasteiger partial charge in [0.1, 0.15) is 4.21 Å². The van der Waals surface area contributed by atoms with Crippen LogP contribution in [0.5, 0.6) is 0 Å². The van der Waals surface area contributed by atoms with Gasteiger partial charge in [0.25, 0.3) is 10.0 Å². The number of sulfonamides is 1. The summed E-state index contributed by atoms with van der Waals surface area (Å²) >= 11 is 13.1. The van der Waals surface area contributed by atoms with Crippen molar-refractivity contribution >= 4 is 73.8 Å². The van der Waals surface area contributed by atoms with Gasteiger partial charge in [0.15, 0.2) is 0 Å². The number of amides is 3. The number of thiophene rings is 1. The zero-order valence-electron chi connectivity index (χ0n) is 20.3. The molecule has 1 aromatic carbocycles. The fraction of sp³-hybridized carbons (Fsp3) is 0.208. The highest BCUT2D eigenvalue weighted by Crippen LogP contribution is 2.47. The quantitative estimate of drug-likeness (QED) is 0.420. The normalized spacial score (nSPS) is 19.0. The van der Waals surface area contributed by atoms with E-state index in [-0.39, 0.29) is 36.4 Å². The third-order valence-corrected chi connectivity index (χ3v) is 9.42. The molecule has 1 atom stereocenters. The van der Waals surface area contributed by atoms with Gasteiger partial charge in [0.2, 0.25) is 5.91 Å². The van der Waals surface area contributed by atoms with Crippen LogP contribution in [0.4, 0.5) is 16.2 Å². The summed E-state index contributed by atoms with van der Waals surface area (Å²) in [6.45, 7) is 1.74. The lowest BCUT2D eigenvalue weighted by Crippen LogP contribution is -2.47. The maximum Gasteiger partial charge on any atom is 0.339 e. The molecule has 1 aliphatic carbocycles. The molecule has 0 bridgehead atoms. The highest BCUT2D eigenvalue weighted by Gasteiger charge is 2.47. The van der Waals surface area contributed by atoms with Crippen LogP contribution >= 0.6 is 34.5 Å². The third kappa shape index (κ3) is 5.17. The number of carbonyl (C=O) groups is 3. The number of likely N-dealkylation sites (N-methyl/N-ethyl adjacent to an activating group) is 1. The van der Waals surface area contributed by atoms with Crippen LogP contribution in [0.1, 0.15) is 13.3 Å². The van der Waals surface area contributed by atoms with Gasteiger partial charge in [-0.1, -0.05) is 29.3 Å². The maximum absolute atomic E-state index is 13.7. The lowest BCUT2D eigenvalue weighted by atomic mass is 9.70. The molecule has 2 heterocycles. The number of carbonyl (C=O) groups excluding carboxylic acids is 3. The lowest BCUT2D eigenvalue weighted by molar-refractivity contribution is -0.136. The Bertz CT molecular complexity index is 1550. The highest BCUT2D eigenvalue weighted by atomic mass is 35.5. The number of esters is 1. The highest BCUT2D eigenvalue weighted by molar-refractivity contribution is 7.92.